The second-order valence-corrected chi connectivity index (χ2v) is 5.71. The van der Waals surface area contributed by atoms with Gasteiger partial charge in [0, 0.05) is 24.7 Å². The average Bonchev–Trinajstić information content (AvgIpc) is 2.97. The predicted octanol–water partition coefficient (Wildman–Crippen LogP) is 3.45. The SMILES string of the molecule is CCN(CC)Cc1cccc(NC(=O)CC2CCCN2)c1.Cl.Cl. The lowest BCUT2D eigenvalue weighted by Crippen LogP contribution is -2.27. The molecule has 1 fully saturated rings. The molecule has 1 amide bonds. The standard InChI is InChI=1S/C17H27N3O.2ClH/c1-3-20(4-2)13-14-7-5-8-16(11-14)19-17(21)12-15-9-6-10-18-15;;/h5,7-8,11,15,18H,3-4,6,9-10,12-13H2,1-2H3,(H,19,21);2*1H. The predicted molar refractivity (Wildman–Crippen MR) is 102 cm³/mol. The van der Waals surface area contributed by atoms with E-state index in [-0.39, 0.29) is 30.7 Å². The highest BCUT2D eigenvalue weighted by Crippen LogP contribution is 2.15. The molecular formula is C17H29Cl2N3O. The number of rotatable bonds is 7. The molecule has 1 atom stereocenters. The van der Waals surface area contributed by atoms with Crippen LogP contribution in [0, 0.1) is 0 Å². The second kappa shape index (κ2) is 11.7. The molecule has 0 spiro atoms. The summed E-state index contributed by atoms with van der Waals surface area (Å²) in [5, 5.41) is 6.38. The maximum Gasteiger partial charge on any atom is 0.225 e. The van der Waals surface area contributed by atoms with Crippen molar-refractivity contribution >= 4 is 36.4 Å². The molecule has 2 rings (SSSR count). The van der Waals surface area contributed by atoms with E-state index in [1.54, 1.807) is 0 Å². The molecule has 1 aliphatic heterocycles. The molecule has 1 heterocycles. The van der Waals surface area contributed by atoms with E-state index in [0.29, 0.717) is 12.5 Å². The summed E-state index contributed by atoms with van der Waals surface area (Å²) in [6, 6.07) is 8.53. The summed E-state index contributed by atoms with van der Waals surface area (Å²) in [7, 11) is 0. The van der Waals surface area contributed by atoms with E-state index in [4.69, 9.17) is 0 Å². The van der Waals surface area contributed by atoms with E-state index in [0.717, 1.165) is 38.3 Å². The Kier molecular flexibility index (Phi) is 11.3. The minimum absolute atomic E-state index is 0. The molecule has 0 radical (unpaired) electrons. The third-order valence-electron chi connectivity index (χ3n) is 4.11. The monoisotopic (exact) mass is 361 g/mol. The first kappa shape index (κ1) is 22.2. The van der Waals surface area contributed by atoms with E-state index < -0.39 is 0 Å². The Morgan fingerprint density at radius 3 is 2.65 bits per heavy atom. The summed E-state index contributed by atoms with van der Waals surface area (Å²) < 4.78 is 0. The molecule has 0 bridgehead atoms. The Bertz CT molecular complexity index is 461. The minimum Gasteiger partial charge on any atom is -0.326 e. The number of hydrogen-bond acceptors (Lipinski definition) is 3. The van der Waals surface area contributed by atoms with Crippen LogP contribution in [0.4, 0.5) is 5.69 Å². The number of carbonyl (C=O) groups excluding carboxylic acids is 1. The quantitative estimate of drug-likeness (QED) is 0.781. The molecule has 1 saturated heterocycles. The Morgan fingerprint density at radius 2 is 2.04 bits per heavy atom. The molecule has 132 valence electrons. The molecule has 0 saturated carbocycles. The third-order valence-corrected chi connectivity index (χ3v) is 4.11. The van der Waals surface area contributed by atoms with Crippen molar-refractivity contribution in [3.8, 4) is 0 Å². The smallest absolute Gasteiger partial charge is 0.225 e. The maximum atomic E-state index is 12.1. The number of hydrogen-bond donors (Lipinski definition) is 2. The zero-order chi connectivity index (χ0) is 15.1. The van der Waals surface area contributed by atoms with Crippen molar-refractivity contribution in [2.45, 2.75) is 45.7 Å². The van der Waals surface area contributed by atoms with Crippen LogP contribution in [0.25, 0.3) is 0 Å². The largest absolute Gasteiger partial charge is 0.326 e. The molecule has 0 aliphatic carbocycles. The van der Waals surface area contributed by atoms with Gasteiger partial charge in [-0.3, -0.25) is 9.69 Å². The highest BCUT2D eigenvalue weighted by molar-refractivity contribution is 5.91. The van der Waals surface area contributed by atoms with Crippen LogP contribution in [0.2, 0.25) is 0 Å². The van der Waals surface area contributed by atoms with E-state index in [1.165, 1.54) is 12.0 Å². The molecule has 1 aromatic rings. The Hall–Kier alpha value is -0.810. The topological polar surface area (TPSA) is 44.4 Å². The van der Waals surface area contributed by atoms with E-state index in [1.807, 2.05) is 12.1 Å². The summed E-state index contributed by atoms with van der Waals surface area (Å²) in [5.41, 5.74) is 2.15. The highest BCUT2D eigenvalue weighted by Gasteiger charge is 2.17. The normalized spacial score (nSPS) is 16.6. The van der Waals surface area contributed by atoms with Gasteiger partial charge in [0.05, 0.1) is 0 Å². The number of halogens is 2. The van der Waals surface area contributed by atoms with Gasteiger partial charge in [0.2, 0.25) is 5.91 Å². The fraction of sp³-hybridized carbons (Fsp3) is 0.588. The maximum absolute atomic E-state index is 12.1. The van der Waals surface area contributed by atoms with E-state index >= 15 is 0 Å². The van der Waals surface area contributed by atoms with Crippen LogP contribution in [-0.4, -0.2) is 36.5 Å². The highest BCUT2D eigenvalue weighted by atomic mass is 35.5. The van der Waals surface area contributed by atoms with Gasteiger partial charge < -0.3 is 10.6 Å². The van der Waals surface area contributed by atoms with E-state index in [2.05, 4.69) is 41.5 Å². The first-order valence-electron chi connectivity index (χ1n) is 8.05. The van der Waals surface area contributed by atoms with Crippen LogP contribution in [0.1, 0.15) is 38.7 Å². The number of anilines is 1. The van der Waals surface area contributed by atoms with Gasteiger partial charge in [-0.1, -0.05) is 26.0 Å². The number of amides is 1. The summed E-state index contributed by atoms with van der Waals surface area (Å²) >= 11 is 0. The lowest BCUT2D eigenvalue weighted by atomic mass is 10.1. The van der Waals surface area contributed by atoms with Crippen LogP contribution in [0.5, 0.6) is 0 Å². The molecule has 4 nitrogen and oxygen atoms in total. The van der Waals surface area contributed by atoms with Crippen molar-refractivity contribution < 1.29 is 4.79 Å². The van der Waals surface area contributed by atoms with Gasteiger partial charge in [-0.2, -0.15) is 0 Å². The molecule has 0 aromatic heterocycles. The van der Waals surface area contributed by atoms with Crippen LogP contribution in [0.3, 0.4) is 0 Å². The lowest BCUT2D eigenvalue weighted by Gasteiger charge is -2.18. The number of carbonyl (C=O) groups is 1. The molecule has 1 unspecified atom stereocenters. The Balaban J connectivity index is 0.00000242. The van der Waals surface area contributed by atoms with Gasteiger partial charge >= 0.3 is 0 Å². The van der Waals surface area contributed by atoms with Gasteiger partial charge in [-0.25, -0.2) is 0 Å². The third kappa shape index (κ3) is 7.53. The van der Waals surface area contributed by atoms with Crippen molar-refractivity contribution in [3.63, 3.8) is 0 Å². The first-order chi connectivity index (χ1) is 10.2. The molecule has 23 heavy (non-hydrogen) atoms. The zero-order valence-corrected chi connectivity index (χ0v) is 15.6. The van der Waals surface area contributed by atoms with Crippen molar-refractivity contribution in [2.75, 3.05) is 25.0 Å². The fourth-order valence-electron chi connectivity index (χ4n) is 2.82. The van der Waals surface area contributed by atoms with Crippen molar-refractivity contribution in [1.29, 1.82) is 0 Å². The molecule has 2 N–H and O–H groups in total. The van der Waals surface area contributed by atoms with Gasteiger partial charge in [-0.05, 0) is 50.2 Å². The molecule has 1 aromatic carbocycles. The summed E-state index contributed by atoms with van der Waals surface area (Å²) in [4.78, 5) is 14.4. The van der Waals surface area contributed by atoms with Gasteiger partial charge in [0.25, 0.3) is 0 Å². The van der Waals surface area contributed by atoms with Crippen LogP contribution in [-0.2, 0) is 11.3 Å². The van der Waals surface area contributed by atoms with Crippen molar-refractivity contribution in [1.82, 2.24) is 10.2 Å². The van der Waals surface area contributed by atoms with Gasteiger partial charge in [0.1, 0.15) is 0 Å². The van der Waals surface area contributed by atoms with Crippen LogP contribution < -0.4 is 10.6 Å². The van der Waals surface area contributed by atoms with Crippen molar-refractivity contribution in [3.05, 3.63) is 29.8 Å². The minimum atomic E-state index is 0. The molecule has 1 aliphatic rings. The summed E-state index contributed by atoms with van der Waals surface area (Å²) in [6.45, 7) is 8.40. The lowest BCUT2D eigenvalue weighted by molar-refractivity contribution is -0.116. The zero-order valence-electron chi connectivity index (χ0n) is 14.0. The van der Waals surface area contributed by atoms with Crippen LogP contribution >= 0.6 is 24.8 Å². The average molecular weight is 362 g/mol. The Labute approximate surface area is 152 Å². The first-order valence-corrected chi connectivity index (χ1v) is 8.05. The Morgan fingerprint density at radius 1 is 1.30 bits per heavy atom. The molecule has 6 heteroatoms. The van der Waals surface area contributed by atoms with Gasteiger partial charge in [0.15, 0.2) is 0 Å². The summed E-state index contributed by atoms with van der Waals surface area (Å²) in [5.74, 6) is 0.106. The number of benzene rings is 1. The second-order valence-electron chi connectivity index (χ2n) is 5.71. The number of nitrogens with one attached hydrogen (secondary N) is 2. The fourth-order valence-corrected chi connectivity index (χ4v) is 2.82. The van der Waals surface area contributed by atoms with Crippen molar-refractivity contribution in [2.24, 2.45) is 0 Å². The van der Waals surface area contributed by atoms with Crippen LogP contribution in [0.15, 0.2) is 24.3 Å². The van der Waals surface area contributed by atoms with Gasteiger partial charge in [-0.15, -0.1) is 24.8 Å². The molecular weight excluding hydrogens is 333 g/mol. The number of nitrogens with zero attached hydrogens (tertiary/aromatic N) is 1. The van der Waals surface area contributed by atoms with E-state index in [9.17, 15) is 4.79 Å². The summed E-state index contributed by atoms with van der Waals surface area (Å²) in [6.07, 6.45) is 2.85.